The van der Waals surface area contributed by atoms with E-state index in [0.717, 1.165) is 0 Å². The smallest absolute Gasteiger partial charge is 0.146 e. The minimum atomic E-state index is -0.228. The van der Waals surface area contributed by atoms with Crippen molar-refractivity contribution in [2.75, 3.05) is 5.32 Å². The van der Waals surface area contributed by atoms with Crippen molar-refractivity contribution in [1.29, 1.82) is 0 Å². The third-order valence-corrected chi connectivity index (χ3v) is 3.65. The average Bonchev–Trinajstić information content (AvgIpc) is 2.76. The molecule has 0 aromatic heterocycles. The van der Waals surface area contributed by atoms with E-state index >= 15 is 0 Å². The molecule has 1 aliphatic carbocycles. The minimum Gasteiger partial charge on any atom is -0.380 e. The van der Waals surface area contributed by atoms with E-state index in [-0.39, 0.29) is 5.82 Å². The molecule has 0 spiro atoms. The van der Waals surface area contributed by atoms with Crippen LogP contribution >= 0.6 is 11.6 Å². The molecule has 1 atom stereocenters. The molecular weight excluding hydrogens is 225 g/mol. The number of hydrogen-bond donors (Lipinski definition) is 1. The Morgan fingerprint density at radius 2 is 2.06 bits per heavy atom. The maximum atomic E-state index is 13.5. The molecule has 0 aliphatic heterocycles. The fraction of sp³-hybridized carbons (Fsp3) is 0.538. The first-order chi connectivity index (χ1) is 7.66. The van der Waals surface area contributed by atoms with Crippen molar-refractivity contribution in [2.24, 2.45) is 5.92 Å². The van der Waals surface area contributed by atoms with Crippen LogP contribution in [0.2, 0.25) is 5.02 Å². The van der Waals surface area contributed by atoms with E-state index in [0.29, 0.717) is 22.7 Å². The van der Waals surface area contributed by atoms with Crippen molar-refractivity contribution in [3.63, 3.8) is 0 Å². The highest BCUT2D eigenvalue weighted by atomic mass is 35.5. The summed E-state index contributed by atoms with van der Waals surface area (Å²) in [6.07, 6.45) is 5.09. The van der Waals surface area contributed by atoms with Crippen LogP contribution in [0.4, 0.5) is 10.1 Å². The van der Waals surface area contributed by atoms with Crippen molar-refractivity contribution in [2.45, 2.75) is 38.6 Å². The summed E-state index contributed by atoms with van der Waals surface area (Å²) >= 11 is 5.85. The SMILES string of the molecule is CC(Nc1cc(Cl)ccc1F)C1CCCC1. The van der Waals surface area contributed by atoms with Gasteiger partial charge in [0.25, 0.3) is 0 Å². The largest absolute Gasteiger partial charge is 0.380 e. The van der Waals surface area contributed by atoms with Crippen molar-refractivity contribution >= 4 is 17.3 Å². The Hall–Kier alpha value is -0.760. The van der Waals surface area contributed by atoms with Crippen molar-refractivity contribution in [1.82, 2.24) is 0 Å². The Morgan fingerprint density at radius 1 is 1.38 bits per heavy atom. The summed E-state index contributed by atoms with van der Waals surface area (Å²) < 4.78 is 13.5. The molecule has 1 aromatic rings. The van der Waals surface area contributed by atoms with E-state index in [2.05, 4.69) is 12.2 Å². The Bertz CT molecular complexity index is 361. The molecule has 2 rings (SSSR count). The van der Waals surface area contributed by atoms with Crippen LogP contribution in [0.5, 0.6) is 0 Å². The monoisotopic (exact) mass is 241 g/mol. The van der Waals surface area contributed by atoms with Gasteiger partial charge in [-0.1, -0.05) is 24.4 Å². The van der Waals surface area contributed by atoms with Gasteiger partial charge in [-0.05, 0) is 43.9 Å². The lowest BCUT2D eigenvalue weighted by Gasteiger charge is -2.21. The highest BCUT2D eigenvalue weighted by Crippen LogP contribution is 2.30. The molecule has 1 N–H and O–H groups in total. The van der Waals surface area contributed by atoms with Gasteiger partial charge in [-0.25, -0.2) is 4.39 Å². The van der Waals surface area contributed by atoms with Gasteiger partial charge >= 0.3 is 0 Å². The topological polar surface area (TPSA) is 12.0 Å². The molecule has 0 bridgehead atoms. The standard InChI is InChI=1S/C13H17ClFN/c1-9(10-4-2-3-5-10)16-13-8-11(14)6-7-12(13)15/h6-10,16H,2-5H2,1H3. The van der Waals surface area contributed by atoms with Crippen molar-refractivity contribution in [3.8, 4) is 0 Å². The summed E-state index contributed by atoms with van der Waals surface area (Å²) in [7, 11) is 0. The third kappa shape index (κ3) is 2.67. The highest BCUT2D eigenvalue weighted by Gasteiger charge is 2.21. The minimum absolute atomic E-state index is 0.228. The van der Waals surface area contributed by atoms with E-state index in [1.54, 1.807) is 12.1 Å². The number of halogens is 2. The maximum Gasteiger partial charge on any atom is 0.146 e. The molecule has 0 heterocycles. The van der Waals surface area contributed by atoms with Crippen LogP contribution in [0.25, 0.3) is 0 Å². The molecule has 0 amide bonds. The predicted molar refractivity (Wildman–Crippen MR) is 66.5 cm³/mol. The van der Waals surface area contributed by atoms with Crippen LogP contribution < -0.4 is 5.32 Å². The molecule has 1 saturated carbocycles. The summed E-state index contributed by atoms with van der Waals surface area (Å²) in [5, 5.41) is 3.81. The predicted octanol–water partition coefficient (Wildman–Crippen LogP) is 4.47. The van der Waals surface area contributed by atoms with E-state index in [4.69, 9.17) is 11.6 Å². The van der Waals surface area contributed by atoms with Gasteiger partial charge in [0.15, 0.2) is 0 Å². The van der Waals surface area contributed by atoms with Crippen molar-refractivity contribution < 1.29 is 4.39 Å². The Labute approximate surface area is 101 Å². The zero-order valence-electron chi connectivity index (χ0n) is 9.47. The van der Waals surface area contributed by atoms with Crippen LogP contribution in [0.1, 0.15) is 32.6 Å². The second-order valence-electron chi connectivity index (χ2n) is 4.60. The van der Waals surface area contributed by atoms with Gasteiger partial charge in [0.2, 0.25) is 0 Å². The molecule has 1 fully saturated rings. The number of benzene rings is 1. The molecule has 0 saturated heterocycles. The summed E-state index contributed by atoms with van der Waals surface area (Å²) in [6, 6.07) is 4.95. The van der Waals surface area contributed by atoms with E-state index in [1.807, 2.05) is 0 Å². The molecule has 1 unspecified atom stereocenters. The average molecular weight is 242 g/mol. The van der Waals surface area contributed by atoms with E-state index in [1.165, 1.54) is 31.7 Å². The summed E-state index contributed by atoms with van der Waals surface area (Å²) in [6.45, 7) is 2.12. The molecule has 3 heteroatoms. The first-order valence-electron chi connectivity index (χ1n) is 5.88. The quantitative estimate of drug-likeness (QED) is 0.823. The van der Waals surface area contributed by atoms with Gasteiger partial charge in [-0.2, -0.15) is 0 Å². The number of rotatable bonds is 3. The van der Waals surface area contributed by atoms with Gasteiger partial charge in [0.05, 0.1) is 5.69 Å². The fourth-order valence-electron chi connectivity index (χ4n) is 2.43. The summed E-state index contributed by atoms with van der Waals surface area (Å²) in [4.78, 5) is 0. The van der Waals surface area contributed by atoms with Crippen LogP contribution in [-0.2, 0) is 0 Å². The summed E-state index contributed by atoms with van der Waals surface area (Å²) in [5.74, 6) is 0.438. The Kier molecular flexibility index (Phi) is 3.70. The lowest BCUT2D eigenvalue weighted by Crippen LogP contribution is -2.24. The molecule has 1 aliphatic rings. The number of hydrogen-bond acceptors (Lipinski definition) is 1. The first kappa shape index (κ1) is 11.7. The number of anilines is 1. The first-order valence-corrected chi connectivity index (χ1v) is 6.26. The molecule has 88 valence electrons. The molecule has 1 nitrogen and oxygen atoms in total. The zero-order chi connectivity index (χ0) is 11.5. The van der Waals surface area contributed by atoms with Crippen LogP contribution in [0.15, 0.2) is 18.2 Å². The number of nitrogens with one attached hydrogen (secondary N) is 1. The van der Waals surface area contributed by atoms with Gasteiger partial charge in [-0.15, -0.1) is 0 Å². The zero-order valence-corrected chi connectivity index (χ0v) is 10.2. The van der Waals surface area contributed by atoms with Gasteiger partial charge in [-0.3, -0.25) is 0 Å². The van der Waals surface area contributed by atoms with Crippen LogP contribution in [0, 0.1) is 11.7 Å². The van der Waals surface area contributed by atoms with Crippen LogP contribution in [0.3, 0.4) is 0 Å². The lowest BCUT2D eigenvalue weighted by molar-refractivity contribution is 0.479. The fourth-order valence-corrected chi connectivity index (χ4v) is 2.60. The Morgan fingerprint density at radius 3 is 2.75 bits per heavy atom. The van der Waals surface area contributed by atoms with Crippen LogP contribution in [-0.4, -0.2) is 6.04 Å². The summed E-state index contributed by atoms with van der Waals surface area (Å²) in [5.41, 5.74) is 0.520. The third-order valence-electron chi connectivity index (χ3n) is 3.42. The van der Waals surface area contributed by atoms with Gasteiger partial charge in [0.1, 0.15) is 5.82 Å². The maximum absolute atomic E-state index is 13.5. The molecule has 16 heavy (non-hydrogen) atoms. The highest BCUT2D eigenvalue weighted by molar-refractivity contribution is 6.30. The second-order valence-corrected chi connectivity index (χ2v) is 5.04. The van der Waals surface area contributed by atoms with Crippen molar-refractivity contribution in [3.05, 3.63) is 29.0 Å². The lowest BCUT2D eigenvalue weighted by atomic mass is 9.99. The molecule has 1 aromatic carbocycles. The Balaban J connectivity index is 2.04. The molecular formula is C13H17ClFN. The van der Waals surface area contributed by atoms with E-state index in [9.17, 15) is 4.39 Å². The van der Waals surface area contributed by atoms with Gasteiger partial charge in [0, 0.05) is 11.1 Å². The van der Waals surface area contributed by atoms with Gasteiger partial charge < -0.3 is 5.32 Å². The molecule has 0 radical (unpaired) electrons. The van der Waals surface area contributed by atoms with E-state index < -0.39 is 0 Å². The normalized spacial score (nSPS) is 18.7. The second kappa shape index (κ2) is 5.05.